The van der Waals surface area contributed by atoms with E-state index in [9.17, 15) is 4.79 Å². The van der Waals surface area contributed by atoms with Crippen LogP contribution in [0.15, 0.2) is 29.4 Å². The fourth-order valence-electron chi connectivity index (χ4n) is 3.54. The van der Waals surface area contributed by atoms with Crippen molar-refractivity contribution >= 4 is 17.9 Å². The zero-order chi connectivity index (χ0) is 17.3. The van der Waals surface area contributed by atoms with E-state index in [0.717, 1.165) is 12.8 Å². The van der Waals surface area contributed by atoms with Gasteiger partial charge >= 0.3 is 5.97 Å². The minimum Gasteiger partial charge on any atom is -0.411 e. The van der Waals surface area contributed by atoms with Gasteiger partial charge in [0.15, 0.2) is 0 Å². The molecule has 0 aromatic heterocycles. The zero-order valence-corrected chi connectivity index (χ0v) is 14.1. The van der Waals surface area contributed by atoms with Gasteiger partial charge in [-0.3, -0.25) is 0 Å². The van der Waals surface area contributed by atoms with Crippen LogP contribution < -0.4 is 5.73 Å². The number of nitrogens with two attached hydrogens (primary N) is 1. The smallest absolute Gasteiger partial charge is 0.357 e. The number of carbonyl (C=O) groups excluding carboxylic acids is 1. The van der Waals surface area contributed by atoms with E-state index < -0.39 is 5.97 Å². The molecule has 0 spiro atoms. The highest BCUT2D eigenvalue weighted by Gasteiger charge is 2.47. The summed E-state index contributed by atoms with van der Waals surface area (Å²) < 4.78 is 0. The molecular weight excluding hydrogens is 294 g/mol. The molecule has 23 heavy (non-hydrogen) atoms. The van der Waals surface area contributed by atoms with Gasteiger partial charge in [-0.1, -0.05) is 0 Å². The maximum atomic E-state index is 12.4. The van der Waals surface area contributed by atoms with Crippen LogP contribution >= 0.6 is 0 Å². The molecule has 1 aromatic rings. The van der Waals surface area contributed by atoms with E-state index in [1.165, 1.54) is 0 Å². The van der Waals surface area contributed by atoms with Crippen LogP contribution in [0.1, 0.15) is 50.9 Å². The number of rotatable bonds is 3. The van der Waals surface area contributed by atoms with Crippen LogP contribution in [0.5, 0.6) is 0 Å². The summed E-state index contributed by atoms with van der Waals surface area (Å²) >= 11 is 0. The van der Waals surface area contributed by atoms with E-state index in [4.69, 9.17) is 15.8 Å². The maximum absolute atomic E-state index is 12.4. The molecule has 0 amide bonds. The summed E-state index contributed by atoms with van der Waals surface area (Å²) in [5.41, 5.74) is 5.96. The summed E-state index contributed by atoms with van der Waals surface area (Å²) in [5.74, 6) is -0.267. The third-order valence-corrected chi connectivity index (χ3v) is 4.22. The fraction of sp³-hybridized carbons (Fsp3) is 0.529. The number of piperidine rings is 1. The van der Waals surface area contributed by atoms with Crippen LogP contribution in [-0.4, -0.2) is 33.5 Å². The summed E-state index contributed by atoms with van der Waals surface area (Å²) in [6.07, 6.45) is 3.02. The number of hydroxylamine groups is 2. The molecule has 3 N–H and O–H groups in total. The summed E-state index contributed by atoms with van der Waals surface area (Å²) in [5, 5.41) is 13.7. The second kappa shape index (κ2) is 6.20. The number of nitrogens with zero attached hydrogens (tertiary/aromatic N) is 2. The first-order chi connectivity index (χ1) is 10.7. The largest absolute Gasteiger partial charge is 0.411 e. The van der Waals surface area contributed by atoms with E-state index in [-0.39, 0.29) is 17.0 Å². The molecule has 1 heterocycles. The van der Waals surface area contributed by atoms with Crippen LogP contribution in [0.3, 0.4) is 0 Å². The lowest BCUT2D eigenvalue weighted by Crippen LogP contribution is -2.61. The molecule has 1 fully saturated rings. The van der Waals surface area contributed by atoms with Gasteiger partial charge in [0.2, 0.25) is 0 Å². The lowest BCUT2D eigenvalue weighted by atomic mass is 9.76. The van der Waals surface area contributed by atoms with Crippen molar-refractivity contribution in [1.29, 1.82) is 0 Å². The van der Waals surface area contributed by atoms with Crippen LogP contribution in [0.25, 0.3) is 0 Å². The number of carbonyl (C=O) groups is 1. The minimum atomic E-state index is -0.402. The van der Waals surface area contributed by atoms with Crippen molar-refractivity contribution in [3.63, 3.8) is 0 Å². The van der Waals surface area contributed by atoms with E-state index in [1.54, 1.807) is 35.5 Å². The molecule has 0 aliphatic carbocycles. The monoisotopic (exact) mass is 319 g/mol. The number of hydrogen-bond donors (Lipinski definition) is 2. The zero-order valence-electron chi connectivity index (χ0n) is 14.1. The standard InChI is InChI=1S/C17H25N3O3/c1-16(2)9-12(11-19-22)10-17(3,4)20(16)23-15(21)13-5-7-14(18)8-6-13/h5-8,11-12,22H,9-10,18H2,1-4H3/b19-11-. The van der Waals surface area contributed by atoms with Gasteiger partial charge in [-0.05, 0) is 64.8 Å². The topological polar surface area (TPSA) is 88.2 Å². The van der Waals surface area contributed by atoms with Crippen LogP contribution in [0.2, 0.25) is 0 Å². The summed E-state index contributed by atoms with van der Waals surface area (Å²) in [7, 11) is 0. The average Bonchev–Trinajstić information content (AvgIpc) is 2.43. The summed E-state index contributed by atoms with van der Waals surface area (Å²) in [6.45, 7) is 8.07. The molecule has 1 saturated heterocycles. The molecule has 1 aliphatic rings. The molecule has 0 saturated carbocycles. The van der Waals surface area contributed by atoms with Gasteiger partial charge in [0.05, 0.1) is 16.6 Å². The predicted molar refractivity (Wildman–Crippen MR) is 89.3 cm³/mol. The lowest BCUT2D eigenvalue weighted by molar-refractivity contribution is -0.245. The highest BCUT2D eigenvalue weighted by molar-refractivity contribution is 5.89. The van der Waals surface area contributed by atoms with Crippen molar-refractivity contribution in [3.05, 3.63) is 29.8 Å². The minimum absolute atomic E-state index is 0.136. The molecule has 6 nitrogen and oxygen atoms in total. The second-order valence-electron chi connectivity index (χ2n) is 7.35. The molecule has 0 unspecified atom stereocenters. The molecule has 0 bridgehead atoms. The van der Waals surface area contributed by atoms with Crippen molar-refractivity contribution in [1.82, 2.24) is 5.06 Å². The third kappa shape index (κ3) is 3.82. The highest BCUT2D eigenvalue weighted by Crippen LogP contribution is 2.41. The third-order valence-electron chi connectivity index (χ3n) is 4.22. The first kappa shape index (κ1) is 17.3. The predicted octanol–water partition coefficient (Wildman–Crippen LogP) is 3.07. The molecule has 0 radical (unpaired) electrons. The Morgan fingerprint density at radius 3 is 2.26 bits per heavy atom. The number of benzene rings is 1. The molecule has 126 valence electrons. The Labute approximate surface area is 136 Å². The van der Waals surface area contributed by atoms with Gasteiger partial charge in [-0.15, -0.1) is 10.2 Å². The van der Waals surface area contributed by atoms with E-state index in [0.29, 0.717) is 11.3 Å². The Morgan fingerprint density at radius 1 is 1.26 bits per heavy atom. The first-order valence-corrected chi connectivity index (χ1v) is 7.71. The Kier molecular flexibility index (Phi) is 4.66. The molecule has 2 rings (SSSR count). The Morgan fingerprint density at radius 2 is 1.78 bits per heavy atom. The molecule has 6 heteroatoms. The van der Waals surface area contributed by atoms with Gasteiger partial charge in [-0.25, -0.2) is 4.79 Å². The molecule has 1 aliphatic heterocycles. The number of anilines is 1. The van der Waals surface area contributed by atoms with Crippen LogP contribution in [0.4, 0.5) is 5.69 Å². The van der Waals surface area contributed by atoms with E-state index in [2.05, 4.69) is 5.16 Å². The number of hydrogen-bond acceptors (Lipinski definition) is 6. The number of oxime groups is 1. The maximum Gasteiger partial charge on any atom is 0.357 e. The molecule has 1 aromatic carbocycles. The number of nitrogen functional groups attached to an aromatic ring is 1. The first-order valence-electron chi connectivity index (χ1n) is 7.71. The summed E-state index contributed by atoms with van der Waals surface area (Å²) in [6, 6.07) is 6.67. The quantitative estimate of drug-likeness (QED) is 0.387. The van der Waals surface area contributed by atoms with Crippen LogP contribution in [-0.2, 0) is 4.84 Å². The van der Waals surface area contributed by atoms with Gasteiger partial charge in [0.25, 0.3) is 0 Å². The normalized spacial score (nSPS) is 21.4. The Bertz CT molecular complexity index is 576. The van der Waals surface area contributed by atoms with Gasteiger partial charge < -0.3 is 15.8 Å². The Hall–Kier alpha value is -2.08. The van der Waals surface area contributed by atoms with Gasteiger partial charge in [0, 0.05) is 17.8 Å². The van der Waals surface area contributed by atoms with Gasteiger partial charge in [-0.2, -0.15) is 0 Å². The van der Waals surface area contributed by atoms with E-state index >= 15 is 0 Å². The SMILES string of the molecule is CC1(C)CC(/C=N\O)CC(C)(C)N1OC(=O)c1ccc(N)cc1. The van der Waals surface area contributed by atoms with Crippen LogP contribution in [0, 0.1) is 5.92 Å². The van der Waals surface area contributed by atoms with Crippen molar-refractivity contribution in [2.24, 2.45) is 11.1 Å². The second-order valence-corrected chi connectivity index (χ2v) is 7.35. The van der Waals surface area contributed by atoms with Crippen molar-refractivity contribution in [2.75, 3.05) is 5.73 Å². The van der Waals surface area contributed by atoms with E-state index in [1.807, 2.05) is 27.7 Å². The van der Waals surface area contributed by atoms with Crippen molar-refractivity contribution in [2.45, 2.75) is 51.6 Å². The summed E-state index contributed by atoms with van der Waals surface area (Å²) in [4.78, 5) is 18.2. The van der Waals surface area contributed by atoms with Gasteiger partial charge in [0.1, 0.15) is 0 Å². The van der Waals surface area contributed by atoms with Crippen molar-refractivity contribution < 1.29 is 14.8 Å². The molecular formula is C17H25N3O3. The van der Waals surface area contributed by atoms with Crippen molar-refractivity contribution in [3.8, 4) is 0 Å². The fourth-order valence-corrected chi connectivity index (χ4v) is 3.54. The average molecular weight is 319 g/mol. The highest BCUT2D eigenvalue weighted by atomic mass is 16.7. The molecule has 0 atom stereocenters. The lowest BCUT2D eigenvalue weighted by Gasteiger charge is -2.52. The Balaban J connectivity index is 2.20.